The number of rotatable bonds is 5. The van der Waals surface area contributed by atoms with Crippen LogP contribution in [0.3, 0.4) is 0 Å². The topological polar surface area (TPSA) is 95.9 Å². The van der Waals surface area contributed by atoms with Crippen molar-refractivity contribution in [3.8, 4) is 10.7 Å². The van der Waals surface area contributed by atoms with Crippen molar-refractivity contribution in [2.24, 2.45) is 0 Å². The van der Waals surface area contributed by atoms with Crippen LogP contribution in [0.5, 0.6) is 0 Å². The molecule has 1 unspecified atom stereocenters. The first-order valence-corrected chi connectivity index (χ1v) is 9.88. The molecule has 26 heavy (non-hydrogen) atoms. The zero-order chi connectivity index (χ0) is 17.3. The summed E-state index contributed by atoms with van der Waals surface area (Å²) in [6.45, 7) is 1.55. The minimum atomic E-state index is 0.194. The van der Waals surface area contributed by atoms with Gasteiger partial charge in [0, 0.05) is 6.61 Å². The summed E-state index contributed by atoms with van der Waals surface area (Å²) in [4.78, 5) is 1.09. The number of thiophene rings is 1. The Morgan fingerprint density at radius 2 is 2.23 bits per heavy atom. The normalized spacial score (nSPS) is 17.3. The molecule has 0 saturated carbocycles. The van der Waals surface area contributed by atoms with Crippen LogP contribution in [0.2, 0.25) is 0 Å². The third kappa shape index (κ3) is 2.97. The molecule has 0 amide bonds. The monoisotopic (exact) mass is 386 g/mol. The van der Waals surface area contributed by atoms with Crippen LogP contribution in [0.25, 0.3) is 16.3 Å². The van der Waals surface area contributed by atoms with Crippen LogP contribution in [0.1, 0.15) is 12.8 Å². The highest BCUT2D eigenvalue weighted by Crippen LogP contribution is 2.31. The highest BCUT2D eigenvalue weighted by atomic mass is 32.2. The van der Waals surface area contributed by atoms with Crippen LogP contribution >= 0.6 is 23.1 Å². The molecule has 11 heteroatoms. The molecular weight excluding hydrogens is 372 g/mol. The zero-order valence-electron chi connectivity index (χ0n) is 13.6. The van der Waals surface area contributed by atoms with Crippen molar-refractivity contribution in [3.05, 3.63) is 29.6 Å². The van der Waals surface area contributed by atoms with Gasteiger partial charge in [0.1, 0.15) is 5.03 Å². The van der Waals surface area contributed by atoms with E-state index in [1.165, 1.54) is 16.4 Å². The van der Waals surface area contributed by atoms with E-state index in [1.807, 2.05) is 23.6 Å². The third-order valence-corrected chi connectivity index (χ3v) is 5.89. The van der Waals surface area contributed by atoms with E-state index >= 15 is 0 Å². The number of hydrogen-bond acceptors (Lipinski definition) is 9. The molecule has 1 atom stereocenters. The summed E-state index contributed by atoms with van der Waals surface area (Å²) >= 11 is 3.10. The minimum absolute atomic E-state index is 0.194. The highest BCUT2D eigenvalue weighted by Gasteiger charge is 2.22. The summed E-state index contributed by atoms with van der Waals surface area (Å²) in [6.07, 6.45) is 2.35. The van der Waals surface area contributed by atoms with Gasteiger partial charge in [0.05, 0.1) is 17.5 Å². The summed E-state index contributed by atoms with van der Waals surface area (Å²) in [5.74, 6) is 0.863. The lowest BCUT2D eigenvalue weighted by molar-refractivity contribution is 0.0953. The summed E-state index contributed by atoms with van der Waals surface area (Å²) in [5, 5.41) is 28.1. The van der Waals surface area contributed by atoms with Gasteiger partial charge in [-0.2, -0.15) is 0 Å². The first kappa shape index (κ1) is 15.9. The molecule has 0 aromatic carbocycles. The highest BCUT2D eigenvalue weighted by molar-refractivity contribution is 7.99. The summed E-state index contributed by atoms with van der Waals surface area (Å²) in [5.41, 5.74) is 0.606. The molecule has 4 aromatic rings. The maximum absolute atomic E-state index is 5.82. The molecule has 0 spiro atoms. The molecular formula is C15H14N8OS2. The Kier molecular flexibility index (Phi) is 4.11. The van der Waals surface area contributed by atoms with Crippen molar-refractivity contribution in [1.82, 2.24) is 40.0 Å². The Bertz CT molecular complexity index is 1020. The van der Waals surface area contributed by atoms with Gasteiger partial charge >= 0.3 is 0 Å². The Morgan fingerprint density at radius 1 is 1.23 bits per heavy atom. The molecule has 0 N–H and O–H groups in total. The van der Waals surface area contributed by atoms with Crippen LogP contribution in [-0.4, -0.2) is 52.7 Å². The smallest absolute Gasteiger partial charge is 0.200 e. The third-order valence-electron chi connectivity index (χ3n) is 4.11. The fraction of sp³-hybridized carbons (Fsp3) is 0.333. The molecule has 0 bridgehead atoms. The Labute approximate surface area is 156 Å². The van der Waals surface area contributed by atoms with Crippen molar-refractivity contribution in [2.45, 2.75) is 35.7 Å². The van der Waals surface area contributed by atoms with Crippen LogP contribution < -0.4 is 0 Å². The van der Waals surface area contributed by atoms with Gasteiger partial charge in [-0.05, 0) is 58.6 Å². The van der Waals surface area contributed by atoms with Crippen molar-refractivity contribution < 1.29 is 4.74 Å². The molecule has 1 fully saturated rings. The van der Waals surface area contributed by atoms with E-state index in [-0.39, 0.29) is 6.10 Å². The fourth-order valence-electron chi connectivity index (χ4n) is 2.89. The van der Waals surface area contributed by atoms with Crippen molar-refractivity contribution in [3.63, 3.8) is 0 Å². The van der Waals surface area contributed by atoms with Crippen LogP contribution in [0, 0.1) is 0 Å². The Hall–Kier alpha value is -2.37. The van der Waals surface area contributed by atoms with Crippen molar-refractivity contribution in [2.75, 3.05) is 6.61 Å². The molecule has 1 aliphatic rings. The summed E-state index contributed by atoms with van der Waals surface area (Å²) in [7, 11) is 0. The van der Waals surface area contributed by atoms with Gasteiger partial charge in [-0.25, -0.2) is 0 Å². The number of hydrogen-bond donors (Lipinski definition) is 0. The number of nitrogens with zero attached hydrogens (tertiary/aromatic N) is 8. The van der Waals surface area contributed by atoms with E-state index < -0.39 is 0 Å². The van der Waals surface area contributed by atoms with Gasteiger partial charge in [0.25, 0.3) is 0 Å². The first-order valence-electron chi connectivity index (χ1n) is 8.19. The number of aromatic nitrogens is 8. The van der Waals surface area contributed by atoms with Crippen LogP contribution in [-0.2, 0) is 11.3 Å². The van der Waals surface area contributed by atoms with Crippen LogP contribution in [0.4, 0.5) is 0 Å². The first-order chi connectivity index (χ1) is 12.9. The summed E-state index contributed by atoms with van der Waals surface area (Å²) < 4.78 is 9.35. The molecule has 132 valence electrons. The SMILES string of the molecule is c1csc(-c2nnc(Sc3ccc4nnnn4n3)n2CC2CCCO2)c1. The lowest BCUT2D eigenvalue weighted by Gasteiger charge is -2.13. The quantitative estimate of drug-likeness (QED) is 0.515. The van der Waals surface area contributed by atoms with E-state index in [1.54, 1.807) is 11.3 Å². The Balaban J connectivity index is 1.50. The van der Waals surface area contributed by atoms with E-state index in [0.717, 1.165) is 46.9 Å². The molecule has 5 heterocycles. The molecule has 4 aromatic heterocycles. The fourth-order valence-corrected chi connectivity index (χ4v) is 4.40. The van der Waals surface area contributed by atoms with Gasteiger partial charge in [-0.3, -0.25) is 4.57 Å². The lowest BCUT2D eigenvalue weighted by atomic mass is 10.2. The van der Waals surface area contributed by atoms with Crippen molar-refractivity contribution in [1.29, 1.82) is 0 Å². The predicted molar refractivity (Wildman–Crippen MR) is 95.0 cm³/mol. The molecule has 0 aliphatic carbocycles. The van der Waals surface area contributed by atoms with Gasteiger partial charge in [-0.15, -0.1) is 36.4 Å². The van der Waals surface area contributed by atoms with Gasteiger partial charge in [-0.1, -0.05) is 6.07 Å². The van der Waals surface area contributed by atoms with E-state index in [4.69, 9.17) is 4.74 Å². The second-order valence-electron chi connectivity index (χ2n) is 5.83. The van der Waals surface area contributed by atoms with E-state index in [2.05, 4.69) is 41.5 Å². The maximum Gasteiger partial charge on any atom is 0.200 e. The van der Waals surface area contributed by atoms with Crippen LogP contribution in [0.15, 0.2) is 39.8 Å². The van der Waals surface area contributed by atoms with Gasteiger partial charge in [0.2, 0.25) is 0 Å². The molecule has 1 saturated heterocycles. The van der Waals surface area contributed by atoms with E-state index in [9.17, 15) is 0 Å². The van der Waals surface area contributed by atoms with E-state index in [0.29, 0.717) is 5.65 Å². The van der Waals surface area contributed by atoms with Gasteiger partial charge < -0.3 is 4.74 Å². The number of fused-ring (bicyclic) bond motifs is 1. The average Bonchev–Trinajstić information content (AvgIpc) is 3.44. The predicted octanol–water partition coefficient (Wildman–Crippen LogP) is 2.17. The lowest BCUT2D eigenvalue weighted by Crippen LogP contribution is -2.16. The maximum atomic E-state index is 5.82. The number of tetrazole rings is 1. The minimum Gasteiger partial charge on any atom is -0.376 e. The standard InChI is InChI=1S/C15H14N8OS2/c1-3-10(24-7-1)9-22-14(11-4-2-8-25-11)17-18-15(22)26-13-6-5-12-16-20-21-23(12)19-13/h2,4-6,8,10H,1,3,7,9H2. The second-order valence-corrected chi connectivity index (χ2v) is 7.76. The Morgan fingerprint density at radius 3 is 3.08 bits per heavy atom. The van der Waals surface area contributed by atoms with Gasteiger partial charge in [0.15, 0.2) is 16.6 Å². The zero-order valence-corrected chi connectivity index (χ0v) is 15.2. The molecule has 9 nitrogen and oxygen atoms in total. The average molecular weight is 386 g/mol. The second kappa shape index (κ2) is 6.74. The molecule has 5 rings (SSSR count). The molecule has 0 radical (unpaired) electrons. The van der Waals surface area contributed by atoms with Crippen molar-refractivity contribution >= 4 is 28.7 Å². The summed E-state index contributed by atoms with van der Waals surface area (Å²) in [6, 6.07) is 7.79. The number of ether oxygens (including phenoxy) is 1. The largest absolute Gasteiger partial charge is 0.376 e. The molecule has 1 aliphatic heterocycles.